The van der Waals surface area contributed by atoms with Gasteiger partial charge in [0.1, 0.15) is 10.6 Å². The fourth-order valence-corrected chi connectivity index (χ4v) is 3.77. The van der Waals surface area contributed by atoms with Crippen LogP contribution >= 0.6 is 23.1 Å². The summed E-state index contributed by atoms with van der Waals surface area (Å²) < 4.78 is 7.14. The molecule has 2 aromatic heterocycles. The standard InChI is InChI=1S/C22H18N4O2S2/c1-29-22-25-24-20(14-16-6-3-2-4-7-16)26(22)23-15-17-9-11-18(12-10-17)28-21(27)19-8-5-13-30-19/h2-13,15H,14H2,1H3/b23-15-. The quantitative estimate of drug-likeness (QED) is 0.182. The molecule has 0 bridgehead atoms. The Morgan fingerprint density at radius 1 is 1.10 bits per heavy atom. The van der Waals surface area contributed by atoms with Gasteiger partial charge in [-0.05, 0) is 53.1 Å². The summed E-state index contributed by atoms with van der Waals surface area (Å²) in [7, 11) is 0. The maximum absolute atomic E-state index is 12.0. The van der Waals surface area contributed by atoms with Gasteiger partial charge in [-0.15, -0.1) is 21.5 Å². The third-order valence-electron chi connectivity index (χ3n) is 4.20. The van der Waals surface area contributed by atoms with Crippen molar-refractivity contribution in [3.05, 3.63) is 93.9 Å². The molecule has 0 fully saturated rings. The van der Waals surface area contributed by atoms with Crippen LogP contribution in [0.3, 0.4) is 0 Å². The monoisotopic (exact) mass is 434 g/mol. The Morgan fingerprint density at radius 2 is 1.90 bits per heavy atom. The average Bonchev–Trinajstić information content (AvgIpc) is 3.44. The molecule has 6 nitrogen and oxygen atoms in total. The number of benzene rings is 2. The molecule has 0 atom stereocenters. The van der Waals surface area contributed by atoms with Crippen LogP contribution in [0, 0.1) is 0 Å². The lowest BCUT2D eigenvalue weighted by atomic mass is 10.1. The fraction of sp³-hybridized carbons (Fsp3) is 0.0909. The molecule has 30 heavy (non-hydrogen) atoms. The van der Waals surface area contributed by atoms with E-state index in [1.807, 2.05) is 48.0 Å². The number of carbonyl (C=O) groups is 1. The summed E-state index contributed by atoms with van der Waals surface area (Å²) in [5.41, 5.74) is 2.02. The lowest BCUT2D eigenvalue weighted by Crippen LogP contribution is -2.06. The first-order valence-electron chi connectivity index (χ1n) is 9.15. The minimum absolute atomic E-state index is 0.355. The zero-order valence-electron chi connectivity index (χ0n) is 16.1. The van der Waals surface area contributed by atoms with Crippen LogP contribution in [0.5, 0.6) is 5.75 Å². The summed E-state index contributed by atoms with van der Waals surface area (Å²) in [5.74, 6) is 0.902. The van der Waals surface area contributed by atoms with Crippen LogP contribution in [0.4, 0.5) is 0 Å². The van der Waals surface area contributed by atoms with Gasteiger partial charge < -0.3 is 4.74 Å². The highest BCUT2D eigenvalue weighted by Gasteiger charge is 2.11. The largest absolute Gasteiger partial charge is 0.422 e. The molecule has 2 aromatic carbocycles. The molecule has 0 aliphatic rings. The summed E-state index contributed by atoms with van der Waals surface area (Å²) in [4.78, 5) is 12.6. The zero-order chi connectivity index (χ0) is 20.8. The Balaban J connectivity index is 1.48. The lowest BCUT2D eigenvalue weighted by molar-refractivity contribution is 0.0740. The maximum Gasteiger partial charge on any atom is 0.353 e. The van der Waals surface area contributed by atoms with Gasteiger partial charge in [0.15, 0.2) is 5.82 Å². The molecule has 0 unspecified atom stereocenters. The van der Waals surface area contributed by atoms with E-state index in [2.05, 4.69) is 27.4 Å². The first-order chi connectivity index (χ1) is 14.7. The van der Waals surface area contributed by atoms with Crippen molar-refractivity contribution in [3.63, 3.8) is 0 Å². The second-order valence-electron chi connectivity index (χ2n) is 6.26. The molecule has 4 aromatic rings. The molecule has 4 rings (SSSR count). The fourth-order valence-electron chi connectivity index (χ4n) is 2.73. The molecule has 150 valence electrons. The number of thiophene rings is 1. The van der Waals surface area contributed by atoms with Crippen LogP contribution in [-0.4, -0.2) is 33.3 Å². The minimum atomic E-state index is -0.355. The highest BCUT2D eigenvalue weighted by atomic mass is 32.2. The molecule has 0 amide bonds. The lowest BCUT2D eigenvalue weighted by Gasteiger charge is -2.04. The summed E-state index contributed by atoms with van der Waals surface area (Å²) in [5, 5.41) is 15.6. The van der Waals surface area contributed by atoms with Crippen LogP contribution in [0.2, 0.25) is 0 Å². The predicted molar refractivity (Wildman–Crippen MR) is 120 cm³/mol. The Labute approximate surface area is 182 Å². The van der Waals surface area contributed by atoms with Gasteiger partial charge in [0.25, 0.3) is 0 Å². The van der Waals surface area contributed by atoms with Crippen molar-refractivity contribution >= 4 is 35.3 Å². The Hall–Kier alpha value is -3.23. The smallest absolute Gasteiger partial charge is 0.353 e. The van der Waals surface area contributed by atoms with E-state index in [-0.39, 0.29) is 5.97 Å². The molecule has 0 N–H and O–H groups in total. The van der Waals surface area contributed by atoms with E-state index in [1.54, 1.807) is 29.1 Å². The highest BCUT2D eigenvalue weighted by molar-refractivity contribution is 7.98. The van der Waals surface area contributed by atoms with E-state index in [0.717, 1.165) is 22.1 Å². The molecule has 2 heterocycles. The van der Waals surface area contributed by atoms with Gasteiger partial charge in [-0.1, -0.05) is 48.2 Å². The number of rotatable bonds is 7. The number of ether oxygens (including phenoxy) is 1. The minimum Gasteiger partial charge on any atom is -0.422 e. The number of esters is 1. The summed E-state index contributed by atoms with van der Waals surface area (Å²) in [6.07, 6.45) is 4.32. The van der Waals surface area contributed by atoms with Crippen molar-refractivity contribution in [2.45, 2.75) is 11.6 Å². The van der Waals surface area contributed by atoms with Gasteiger partial charge >= 0.3 is 5.97 Å². The van der Waals surface area contributed by atoms with Crippen molar-refractivity contribution < 1.29 is 9.53 Å². The molecule has 0 saturated heterocycles. The third kappa shape index (κ3) is 4.84. The third-order valence-corrected chi connectivity index (χ3v) is 5.67. The van der Waals surface area contributed by atoms with Crippen molar-refractivity contribution in [1.29, 1.82) is 0 Å². The number of nitrogens with zero attached hydrogens (tertiary/aromatic N) is 4. The van der Waals surface area contributed by atoms with Gasteiger partial charge in [0.05, 0.1) is 6.21 Å². The van der Waals surface area contributed by atoms with Crippen LogP contribution in [-0.2, 0) is 6.42 Å². The molecule has 0 radical (unpaired) electrons. The van der Waals surface area contributed by atoms with E-state index in [1.165, 1.54) is 23.1 Å². The van der Waals surface area contributed by atoms with E-state index in [9.17, 15) is 4.79 Å². The first kappa shape index (κ1) is 20.1. The van der Waals surface area contributed by atoms with Crippen molar-refractivity contribution in [1.82, 2.24) is 14.9 Å². The summed E-state index contributed by atoms with van der Waals surface area (Å²) in [6, 6.07) is 20.9. The number of carbonyl (C=O) groups excluding carboxylic acids is 1. The number of hydrogen-bond donors (Lipinski definition) is 0. The zero-order valence-corrected chi connectivity index (χ0v) is 17.8. The van der Waals surface area contributed by atoms with E-state index in [4.69, 9.17) is 4.74 Å². The van der Waals surface area contributed by atoms with Crippen molar-refractivity contribution in [3.8, 4) is 5.75 Å². The molecule has 0 spiro atoms. The molecule has 0 aliphatic heterocycles. The van der Waals surface area contributed by atoms with Crippen molar-refractivity contribution in [2.75, 3.05) is 6.26 Å². The van der Waals surface area contributed by atoms with E-state index in [0.29, 0.717) is 17.0 Å². The normalized spacial score (nSPS) is 11.1. The summed E-state index contributed by atoms with van der Waals surface area (Å²) >= 11 is 2.84. The van der Waals surface area contributed by atoms with E-state index < -0.39 is 0 Å². The predicted octanol–water partition coefficient (Wildman–Crippen LogP) is 4.75. The van der Waals surface area contributed by atoms with Gasteiger partial charge in [0.2, 0.25) is 5.16 Å². The van der Waals surface area contributed by atoms with Crippen molar-refractivity contribution in [2.24, 2.45) is 5.10 Å². The van der Waals surface area contributed by atoms with Gasteiger partial charge in [-0.25, -0.2) is 4.79 Å². The molecule has 0 aliphatic carbocycles. The van der Waals surface area contributed by atoms with Gasteiger partial charge in [-0.2, -0.15) is 9.78 Å². The molecular weight excluding hydrogens is 416 g/mol. The van der Waals surface area contributed by atoms with Crippen LogP contribution in [0.15, 0.2) is 82.4 Å². The van der Waals surface area contributed by atoms with E-state index >= 15 is 0 Å². The summed E-state index contributed by atoms with van der Waals surface area (Å²) in [6.45, 7) is 0. The Bertz CT molecular complexity index is 1140. The number of thioether (sulfide) groups is 1. The number of aromatic nitrogens is 3. The second kappa shape index (κ2) is 9.51. The van der Waals surface area contributed by atoms with Gasteiger partial charge in [0, 0.05) is 6.42 Å². The SMILES string of the molecule is CSc1nnc(Cc2ccccc2)n1/N=C\c1ccc(OC(=O)c2cccs2)cc1. The Kier molecular flexibility index (Phi) is 6.36. The van der Waals surface area contributed by atoms with Gasteiger partial charge in [-0.3, -0.25) is 0 Å². The Morgan fingerprint density at radius 3 is 2.60 bits per heavy atom. The molecule has 0 saturated carbocycles. The first-order valence-corrected chi connectivity index (χ1v) is 11.3. The van der Waals surface area contributed by atoms with Crippen LogP contribution in [0.1, 0.15) is 26.6 Å². The van der Waals surface area contributed by atoms with Crippen LogP contribution in [0.25, 0.3) is 0 Å². The van der Waals surface area contributed by atoms with Crippen LogP contribution < -0.4 is 4.74 Å². The highest BCUT2D eigenvalue weighted by Crippen LogP contribution is 2.18. The molecular formula is C22H18N4O2S2. The topological polar surface area (TPSA) is 69.4 Å². The maximum atomic E-state index is 12.0. The molecule has 8 heteroatoms. The number of hydrogen-bond acceptors (Lipinski definition) is 7. The second-order valence-corrected chi connectivity index (χ2v) is 7.98. The average molecular weight is 435 g/mol.